The fourth-order valence-corrected chi connectivity index (χ4v) is 2.35. The average molecular weight is 221 g/mol. The number of carbonyl (C=O) groups excluding carboxylic acids is 1. The second-order valence-corrected chi connectivity index (χ2v) is 4.48. The van der Waals surface area contributed by atoms with Crippen LogP contribution in [0.2, 0.25) is 0 Å². The van der Waals surface area contributed by atoms with Gasteiger partial charge in [0.1, 0.15) is 0 Å². The molecule has 1 aromatic heterocycles. The molecule has 1 aromatic rings. The van der Waals surface area contributed by atoms with Gasteiger partial charge in [0, 0.05) is 16.3 Å². The summed E-state index contributed by atoms with van der Waals surface area (Å²) in [6.07, 6.45) is 3.40. The minimum atomic E-state index is -0.0494. The van der Waals surface area contributed by atoms with Gasteiger partial charge in [0.15, 0.2) is 0 Å². The third-order valence-corrected chi connectivity index (χ3v) is 3.44. The van der Waals surface area contributed by atoms with Crippen molar-refractivity contribution in [3.8, 4) is 0 Å². The molecule has 0 bridgehead atoms. The molecule has 0 radical (unpaired) electrons. The summed E-state index contributed by atoms with van der Waals surface area (Å²) < 4.78 is 0. The third-order valence-electron chi connectivity index (χ3n) is 2.23. The molecule has 3 heteroatoms. The lowest BCUT2D eigenvalue weighted by atomic mass is 10.1. The van der Waals surface area contributed by atoms with Crippen LogP contribution in [0.5, 0.6) is 0 Å². The summed E-state index contributed by atoms with van der Waals surface area (Å²) in [6.45, 7) is 11.7. The highest BCUT2D eigenvalue weighted by molar-refractivity contribution is 7.13. The van der Waals surface area contributed by atoms with Crippen LogP contribution >= 0.6 is 11.3 Å². The Balaban J connectivity index is 3.05. The molecule has 80 valence electrons. The van der Waals surface area contributed by atoms with Crippen LogP contribution in [0.25, 0.3) is 6.08 Å². The molecular weight excluding hydrogens is 206 g/mol. The zero-order valence-electron chi connectivity index (χ0n) is 9.09. The van der Waals surface area contributed by atoms with E-state index >= 15 is 0 Å². The molecular formula is C12H15NOS. The van der Waals surface area contributed by atoms with Gasteiger partial charge in [-0.2, -0.15) is 0 Å². The number of aryl methyl sites for hydroxylation is 1. The highest BCUT2D eigenvalue weighted by Gasteiger charge is 2.16. The van der Waals surface area contributed by atoms with Crippen molar-refractivity contribution in [2.45, 2.75) is 13.8 Å². The second kappa shape index (κ2) is 4.94. The molecule has 0 atom stereocenters. The van der Waals surface area contributed by atoms with Crippen LogP contribution in [0.1, 0.15) is 25.7 Å². The summed E-state index contributed by atoms with van der Waals surface area (Å²) in [4.78, 5) is 13.9. The van der Waals surface area contributed by atoms with Gasteiger partial charge in [0.2, 0.25) is 0 Å². The van der Waals surface area contributed by atoms with E-state index in [2.05, 4.69) is 18.5 Å². The van der Waals surface area contributed by atoms with Crippen LogP contribution in [-0.2, 0) is 0 Å². The Morgan fingerprint density at radius 3 is 2.67 bits per heavy atom. The lowest BCUT2D eigenvalue weighted by molar-refractivity contribution is 0.0957. The van der Waals surface area contributed by atoms with Gasteiger partial charge < -0.3 is 5.32 Å². The van der Waals surface area contributed by atoms with E-state index in [1.165, 1.54) is 0 Å². The van der Waals surface area contributed by atoms with Crippen LogP contribution in [0.4, 0.5) is 0 Å². The van der Waals surface area contributed by atoms with E-state index < -0.39 is 0 Å². The number of hydrogen-bond acceptors (Lipinski definition) is 2. The van der Waals surface area contributed by atoms with Crippen molar-refractivity contribution in [3.05, 3.63) is 40.1 Å². The third kappa shape index (κ3) is 2.36. The molecule has 0 saturated heterocycles. The van der Waals surface area contributed by atoms with Gasteiger partial charge in [-0.25, -0.2) is 0 Å². The molecule has 0 fully saturated rings. The highest BCUT2D eigenvalue weighted by atomic mass is 32.1. The monoisotopic (exact) mass is 221 g/mol. The fraction of sp³-hybridized carbons (Fsp3) is 0.250. The maximum Gasteiger partial charge on any atom is 0.253 e. The standard InChI is InChI=1S/C12H15NOS/c1-5-7-13-12(14)11-8(3)9(4)15-10(11)6-2/h5-6H,1-2,7H2,3-4H3,(H,13,14). The first kappa shape index (κ1) is 11.7. The topological polar surface area (TPSA) is 29.1 Å². The number of thiophene rings is 1. The summed E-state index contributed by atoms with van der Waals surface area (Å²) >= 11 is 1.60. The molecule has 1 heterocycles. The van der Waals surface area contributed by atoms with E-state index in [9.17, 15) is 4.79 Å². The van der Waals surface area contributed by atoms with Crippen LogP contribution in [0, 0.1) is 13.8 Å². The molecule has 0 aliphatic rings. The van der Waals surface area contributed by atoms with Gasteiger partial charge in [0.05, 0.1) is 5.56 Å². The smallest absolute Gasteiger partial charge is 0.253 e. The van der Waals surface area contributed by atoms with Gasteiger partial charge in [-0.1, -0.05) is 18.7 Å². The number of nitrogens with one attached hydrogen (secondary N) is 1. The predicted molar refractivity (Wildman–Crippen MR) is 66.4 cm³/mol. The number of amides is 1. The first-order valence-electron chi connectivity index (χ1n) is 4.73. The minimum Gasteiger partial charge on any atom is -0.349 e. The van der Waals surface area contributed by atoms with E-state index in [1.54, 1.807) is 23.5 Å². The molecule has 0 spiro atoms. The van der Waals surface area contributed by atoms with E-state index in [0.29, 0.717) is 6.54 Å². The number of carbonyl (C=O) groups is 1. The Hall–Kier alpha value is -1.35. The highest BCUT2D eigenvalue weighted by Crippen LogP contribution is 2.28. The fourth-order valence-electron chi connectivity index (χ4n) is 1.33. The first-order valence-corrected chi connectivity index (χ1v) is 5.55. The van der Waals surface area contributed by atoms with Gasteiger partial charge in [-0.05, 0) is 19.4 Å². The summed E-state index contributed by atoms with van der Waals surface area (Å²) in [5, 5.41) is 2.78. The van der Waals surface area contributed by atoms with Gasteiger partial charge >= 0.3 is 0 Å². The Kier molecular flexibility index (Phi) is 3.86. The first-order chi connectivity index (χ1) is 7.11. The second-order valence-electron chi connectivity index (χ2n) is 3.23. The van der Waals surface area contributed by atoms with Gasteiger partial charge in [-0.15, -0.1) is 17.9 Å². The molecule has 0 aliphatic carbocycles. The minimum absolute atomic E-state index is 0.0494. The van der Waals surface area contributed by atoms with Crippen LogP contribution in [0.3, 0.4) is 0 Å². The predicted octanol–water partition coefficient (Wildman–Crippen LogP) is 2.92. The average Bonchev–Trinajstić information content (AvgIpc) is 2.51. The van der Waals surface area contributed by atoms with Crippen LogP contribution in [-0.4, -0.2) is 12.5 Å². The van der Waals surface area contributed by atoms with Crippen molar-refractivity contribution >= 4 is 23.3 Å². The van der Waals surface area contributed by atoms with Crippen molar-refractivity contribution < 1.29 is 4.79 Å². The SMILES string of the molecule is C=CCNC(=O)c1c(C=C)sc(C)c1C. The van der Waals surface area contributed by atoms with Crippen molar-refractivity contribution in [3.63, 3.8) is 0 Å². The maximum absolute atomic E-state index is 11.8. The van der Waals surface area contributed by atoms with Crippen molar-refractivity contribution in [2.24, 2.45) is 0 Å². The zero-order chi connectivity index (χ0) is 11.4. The molecule has 1 amide bonds. The Morgan fingerprint density at radius 2 is 2.13 bits per heavy atom. The molecule has 0 aliphatic heterocycles. The van der Waals surface area contributed by atoms with E-state index in [-0.39, 0.29) is 5.91 Å². The molecule has 1 N–H and O–H groups in total. The molecule has 15 heavy (non-hydrogen) atoms. The summed E-state index contributed by atoms with van der Waals surface area (Å²) in [7, 11) is 0. The van der Waals surface area contributed by atoms with Crippen LogP contribution in [0.15, 0.2) is 19.2 Å². The Labute approximate surface area is 94.3 Å². The van der Waals surface area contributed by atoms with Crippen molar-refractivity contribution in [1.82, 2.24) is 5.32 Å². The van der Waals surface area contributed by atoms with E-state index in [1.807, 2.05) is 13.8 Å². The number of hydrogen-bond donors (Lipinski definition) is 1. The maximum atomic E-state index is 11.8. The largest absolute Gasteiger partial charge is 0.349 e. The molecule has 2 nitrogen and oxygen atoms in total. The molecule has 0 aromatic carbocycles. The molecule has 0 saturated carbocycles. The van der Waals surface area contributed by atoms with Crippen molar-refractivity contribution in [1.29, 1.82) is 0 Å². The summed E-state index contributed by atoms with van der Waals surface area (Å²) in [6, 6.07) is 0. The van der Waals surface area contributed by atoms with Crippen molar-refractivity contribution in [2.75, 3.05) is 6.54 Å². The Morgan fingerprint density at radius 1 is 1.47 bits per heavy atom. The molecule has 0 unspecified atom stereocenters. The summed E-state index contributed by atoms with van der Waals surface area (Å²) in [5.41, 5.74) is 1.78. The van der Waals surface area contributed by atoms with Gasteiger partial charge in [-0.3, -0.25) is 4.79 Å². The molecule has 1 rings (SSSR count). The quantitative estimate of drug-likeness (QED) is 0.778. The lowest BCUT2D eigenvalue weighted by Crippen LogP contribution is -2.24. The summed E-state index contributed by atoms with van der Waals surface area (Å²) in [5.74, 6) is -0.0494. The number of rotatable bonds is 4. The van der Waals surface area contributed by atoms with E-state index in [0.717, 1.165) is 20.9 Å². The zero-order valence-corrected chi connectivity index (χ0v) is 9.91. The lowest BCUT2D eigenvalue weighted by Gasteiger charge is -2.03. The van der Waals surface area contributed by atoms with Gasteiger partial charge in [0.25, 0.3) is 5.91 Å². The normalized spacial score (nSPS) is 9.73. The van der Waals surface area contributed by atoms with E-state index in [4.69, 9.17) is 0 Å². The van der Waals surface area contributed by atoms with Crippen LogP contribution < -0.4 is 5.32 Å². The Bertz CT molecular complexity index is 404.